The molecule has 0 unspecified atom stereocenters. The number of carbonyl (C=O) groups is 3. The van der Waals surface area contributed by atoms with Crippen molar-refractivity contribution < 1.29 is 18.8 Å². The van der Waals surface area contributed by atoms with E-state index in [0.29, 0.717) is 29.2 Å². The van der Waals surface area contributed by atoms with Crippen LogP contribution in [-0.4, -0.2) is 86.5 Å². The minimum atomic E-state index is -0.824. The van der Waals surface area contributed by atoms with E-state index in [1.54, 1.807) is 45.1 Å². The van der Waals surface area contributed by atoms with E-state index in [-0.39, 0.29) is 43.9 Å². The molecule has 2 fully saturated rings. The molecule has 4 heterocycles. The summed E-state index contributed by atoms with van der Waals surface area (Å²) in [5.41, 5.74) is 9.25. The molecular weight excluding hydrogens is 548 g/mol. The standard InChI is InChI=1S/C27H30N8O5S/c1-3-9-33(26(38)29-2)34-14-22(36)35-18(11-15-7-8-19-17(10-15)30-27(39)40-19)24(37)32(13-21(34)35)12-16-5-4-6-20-23(16)31-25(28)41-20/h4-8,10,18,21H,3,9,11-14H2,1-2H3,(H2,28,31)(H,29,38)(H,30,39)/t18-,21+/m0/s1. The van der Waals surface area contributed by atoms with Crippen molar-refractivity contribution in [2.45, 2.75) is 38.5 Å². The second kappa shape index (κ2) is 10.5. The zero-order valence-electron chi connectivity index (χ0n) is 22.6. The van der Waals surface area contributed by atoms with E-state index in [2.05, 4.69) is 15.3 Å². The van der Waals surface area contributed by atoms with Gasteiger partial charge in [-0.2, -0.15) is 5.01 Å². The Kier molecular flexibility index (Phi) is 6.87. The number of hydrogen-bond donors (Lipinski definition) is 3. The molecule has 2 aliphatic heterocycles. The number of para-hydroxylation sites is 1. The Hall–Kier alpha value is -4.43. The van der Waals surface area contributed by atoms with E-state index >= 15 is 0 Å². The maximum absolute atomic E-state index is 14.1. The number of nitrogens with two attached hydrogens (primary N) is 1. The third-order valence-electron chi connectivity index (χ3n) is 7.55. The monoisotopic (exact) mass is 578 g/mol. The number of nitrogens with one attached hydrogen (secondary N) is 2. The van der Waals surface area contributed by atoms with Gasteiger partial charge in [0.1, 0.15) is 12.2 Å². The summed E-state index contributed by atoms with van der Waals surface area (Å²) in [6.07, 6.45) is 0.356. The number of urea groups is 1. The number of hydrazine groups is 1. The van der Waals surface area contributed by atoms with Crippen LogP contribution < -0.4 is 16.8 Å². The molecule has 41 heavy (non-hydrogen) atoms. The van der Waals surface area contributed by atoms with E-state index < -0.39 is 18.0 Å². The molecule has 6 rings (SSSR count). The molecule has 4 aromatic rings. The molecule has 2 aromatic heterocycles. The van der Waals surface area contributed by atoms with E-state index in [1.807, 2.05) is 25.1 Å². The lowest BCUT2D eigenvalue weighted by atomic mass is 9.99. The lowest BCUT2D eigenvalue weighted by Crippen LogP contribution is -2.66. The molecule has 0 bridgehead atoms. The molecule has 2 saturated heterocycles. The molecule has 14 heteroatoms. The number of nitrogens with zero attached hydrogens (tertiary/aromatic N) is 5. The van der Waals surface area contributed by atoms with Gasteiger partial charge in [0.15, 0.2) is 10.7 Å². The number of nitrogen functional groups attached to an aromatic ring is 1. The number of H-pyrrole nitrogens is 1. The average Bonchev–Trinajstić information content (AvgIpc) is 3.62. The summed E-state index contributed by atoms with van der Waals surface area (Å²) in [7, 11) is 1.55. The number of anilines is 1. The van der Waals surface area contributed by atoms with Crippen LogP contribution >= 0.6 is 11.3 Å². The lowest BCUT2D eigenvalue weighted by molar-refractivity contribution is -0.157. The van der Waals surface area contributed by atoms with Gasteiger partial charge < -0.3 is 25.3 Å². The number of fused-ring (bicyclic) bond motifs is 3. The van der Waals surface area contributed by atoms with Crippen molar-refractivity contribution >= 4 is 55.6 Å². The van der Waals surface area contributed by atoms with Gasteiger partial charge in [0, 0.05) is 26.6 Å². The second-order valence-corrected chi connectivity index (χ2v) is 11.2. The predicted octanol–water partition coefficient (Wildman–Crippen LogP) is 1.70. The summed E-state index contributed by atoms with van der Waals surface area (Å²) >= 11 is 1.38. The Balaban J connectivity index is 1.38. The maximum atomic E-state index is 14.1. The summed E-state index contributed by atoms with van der Waals surface area (Å²) < 4.78 is 6.05. The lowest BCUT2D eigenvalue weighted by Gasteiger charge is -2.46. The van der Waals surface area contributed by atoms with Gasteiger partial charge in [-0.15, -0.1) is 0 Å². The smallest absolute Gasteiger partial charge is 0.408 e. The summed E-state index contributed by atoms with van der Waals surface area (Å²) in [5, 5.41) is 6.43. The average molecular weight is 579 g/mol. The fraction of sp³-hybridized carbons (Fsp3) is 0.370. The number of hydrogen-bond acceptors (Lipinski definition) is 9. The third kappa shape index (κ3) is 4.78. The maximum Gasteiger partial charge on any atom is 0.417 e. The van der Waals surface area contributed by atoms with Crippen LogP contribution in [0, 0.1) is 0 Å². The zero-order chi connectivity index (χ0) is 28.8. The van der Waals surface area contributed by atoms with Crippen molar-refractivity contribution in [3.63, 3.8) is 0 Å². The van der Waals surface area contributed by atoms with Crippen LogP contribution in [0.3, 0.4) is 0 Å². The fourth-order valence-electron chi connectivity index (χ4n) is 5.78. The van der Waals surface area contributed by atoms with Gasteiger partial charge in [-0.3, -0.25) is 19.6 Å². The fourth-order valence-corrected chi connectivity index (χ4v) is 6.57. The van der Waals surface area contributed by atoms with Crippen LogP contribution in [0.2, 0.25) is 0 Å². The van der Waals surface area contributed by atoms with Crippen molar-refractivity contribution in [3.8, 4) is 0 Å². The molecule has 4 amide bonds. The Morgan fingerprint density at radius 2 is 2.10 bits per heavy atom. The number of thiazole rings is 1. The number of oxazole rings is 1. The molecule has 0 saturated carbocycles. The van der Waals surface area contributed by atoms with Gasteiger partial charge in [0.2, 0.25) is 11.8 Å². The summed E-state index contributed by atoms with van der Waals surface area (Å²) in [6, 6.07) is 9.84. The molecule has 13 nitrogen and oxygen atoms in total. The highest BCUT2D eigenvalue weighted by atomic mass is 32.1. The number of amides is 4. The van der Waals surface area contributed by atoms with Gasteiger partial charge in [0.25, 0.3) is 0 Å². The van der Waals surface area contributed by atoms with Crippen molar-refractivity contribution in [1.29, 1.82) is 0 Å². The number of rotatable bonds is 7. The van der Waals surface area contributed by atoms with Gasteiger partial charge in [-0.1, -0.05) is 36.5 Å². The zero-order valence-corrected chi connectivity index (χ0v) is 23.4. The summed E-state index contributed by atoms with van der Waals surface area (Å²) in [5.74, 6) is -1.01. The number of aromatic amines is 1. The first-order valence-corrected chi connectivity index (χ1v) is 14.2. The van der Waals surface area contributed by atoms with Crippen molar-refractivity contribution in [3.05, 3.63) is 58.1 Å². The van der Waals surface area contributed by atoms with E-state index in [1.165, 1.54) is 11.3 Å². The number of benzene rings is 2. The summed E-state index contributed by atoms with van der Waals surface area (Å²) in [4.78, 5) is 62.7. The molecular formula is C27H30N8O5S. The summed E-state index contributed by atoms with van der Waals surface area (Å²) in [6.45, 7) is 2.83. The molecule has 2 atom stereocenters. The van der Waals surface area contributed by atoms with Crippen LogP contribution in [-0.2, 0) is 22.6 Å². The minimum Gasteiger partial charge on any atom is -0.408 e. The Morgan fingerprint density at radius 3 is 2.88 bits per heavy atom. The SMILES string of the molecule is CCCN(C(=O)NC)N1CC(=O)N2[C@@H](Cc3ccc4oc(=O)[nH]c4c3)C(=O)N(Cc3cccc4sc(N)nc34)C[C@@H]21. The highest BCUT2D eigenvalue weighted by Gasteiger charge is 2.52. The van der Waals surface area contributed by atoms with Crippen LogP contribution in [0.15, 0.2) is 45.6 Å². The van der Waals surface area contributed by atoms with E-state index in [4.69, 9.17) is 10.2 Å². The molecule has 0 aliphatic carbocycles. The first-order valence-electron chi connectivity index (χ1n) is 13.4. The second-order valence-electron chi connectivity index (χ2n) is 10.2. The Bertz CT molecular complexity index is 1710. The quantitative estimate of drug-likeness (QED) is 0.299. The number of piperazine rings is 1. The third-order valence-corrected chi connectivity index (χ3v) is 8.40. The molecule has 2 aliphatic rings. The van der Waals surface area contributed by atoms with Crippen molar-refractivity contribution in [1.82, 2.24) is 35.1 Å². The molecule has 2 aromatic carbocycles. The highest BCUT2D eigenvalue weighted by Crippen LogP contribution is 2.32. The van der Waals surface area contributed by atoms with Gasteiger partial charge in [0.05, 0.1) is 28.8 Å². The van der Waals surface area contributed by atoms with Gasteiger partial charge in [-0.05, 0) is 35.7 Å². The minimum absolute atomic E-state index is 0.0258. The van der Waals surface area contributed by atoms with Crippen LogP contribution in [0.1, 0.15) is 24.5 Å². The normalized spacial score (nSPS) is 19.4. The van der Waals surface area contributed by atoms with E-state index in [9.17, 15) is 19.2 Å². The first-order chi connectivity index (χ1) is 19.8. The molecule has 0 spiro atoms. The van der Waals surface area contributed by atoms with Crippen LogP contribution in [0.25, 0.3) is 21.3 Å². The molecule has 4 N–H and O–H groups in total. The highest BCUT2D eigenvalue weighted by molar-refractivity contribution is 7.22. The predicted molar refractivity (Wildman–Crippen MR) is 153 cm³/mol. The van der Waals surface area contributed by atoms with Crippen LogP contribution in [0.5, 0.6) is 0 Å². The van der Waals surface area contributed by atoms with Gasteiger partial charge in [-0.25, -0.2) is 14.6 Å². The largest absolute Gasteiger partial charge is 0.417 e. The van der Waals surface area contributed by atoms with Crippen molar-refractivity contribution in [2.24, 2.45) is 0 Å². The van der Waals surface area contributed by atoms with Crippen LogP contribution in [0.4, 0.5) is 9.93 Å². The molecule has 214 valence electrons. The van der Waals surface area contributed by atoms with Gasteiger partial charge >= 0.3 is 11.8 Å². The number of aromatic nitrogens is 2. The first kappa shape index (κ1) is 26.8. The number of carbonyl (C=O) groups excluding carboxylic acids is 3. The molecule has 0 radical (unpaired) electrons. The van der Waals surface area contributed by atoms with Crippen molar-refractivity contribution in [2.75, 3.05) is 32.4 Å². The van der Waals surface area contributed by atoms with E-state index in [0.717, 1.165) is 21.3 Å². The Morgan fingerprint density at radius 1 is 1.27 bits per heavy atom. The Labute approximate surface area is 238 Å². The topological polar surface area (TPSA) is 161 Å².